The molecule has 4 heteroatoms. The molecule has 0 unspecified atom stereocenters. The smallest absolute Gasteiger partial charge is 0.310 e. The Labute approximate surface area is 111 Å². The minimum atomic E-state index is -0.417. The van der Waals surface area contributed by atoms with Crippen molar-refractivity contribution in [3.63, 3.8) is 0 Å². The molecule has 0 spiro atoms. The Morgan fingerprint density at radius 3 is 2.68 bits per heavy atom. The molecule has 0 saturated heterocycles. The standard InChI is InChI=1S/C15H16O4/c16-13-8-4-7-12(15(13)18)9-14(17)19-10-11-5-2-1-3-6-11/h1-3,5-6,18H,4,7-10H2. The van der Waals surface area contributed by atoms with Crippen molar-refractivity contribution >= 4 is 11.8 Å². The first-order chi connectivity index (χ1) is 9.16. The van der Waals surface area contributed by atoms with E-state index in [4.69, 9.17) is 4.74 Å². The third-order valence-corrected chi connectivity index (χ3v) is 3.08. The first kappa shape index (κ1) is 13.3. The summed E-state index contributed by atoms with van der Waals surface area (Å²) in [5.41, 5.74) is 1.41. The van der Waals surface area contributed by atoms with Crippen LogP contribution in [0, 0.1) is 0 Å². The van der Waals surface area contributed by atoms with Gasteiger partial charge in [-0.05, 0) is 24.0 Å². The van der Waals surface area contributed by atoms with Gasteiger partial charge in [0, 0.05) is 6.42 Å². The van der Waals surface area contributed by atoms with Gasteiger partial charge >= 0.3 is 5.97 Å². The van der Waals surface area contributed by atoms with E-state index in [9.17, 15) is 14.7 Å². The topological polar surface area (TPSA) is 63.6 Å². The van der Waals surface area contributed by atoms with E-state index in [2.05, 4.69) is 0 Å². The van der Waals surface area contributed by atoms with Gasteiger partial charge in [-0.15, -0.1) is 0 Å². The molecule has 0 aliphatic heterocycles. The molecule has 0 atom stereocenters. The summed E-state index contributed by atoms with van der Waals surface area (Å²) < 4.78 is 5.12. The third-order valence-electron chi connectivity index (χ3n) is 3.08. The quantitative estimate of drug-likeness (QED) is 0.845. The van der Waals surface area contributed by atoms with Crippen molar-refractivity contribution in [1.29, 1.82) is 0 Å². The second-order valence-corrected chi connectivity index (χ2v) is 4.55. The van der Waals surface area contributed by atoms with E-state index in [1.807, 2.05) is 30.3 Å². The summed E-state index contributed by atoms with van der Waals surface area (Å²) in [6, 6.07) is 9.37. The Bertz CT molecular complexity index is 502. The Kier molecular flexibility index (Phi) is 4.34. The number of carbonyl (C=O) groups excluding carboxylic acids is 2. The molecule has 1 aliphatic rings. The fourth-order valence-corrected chi connectivity index (χ4v) is 2.03. The molecule has 0 aromatic heterocycles. The van der Waals surface area contributed by atoms with Crippen LogP contribution in [-0.2, 0) is 20.9 Å². The number of allylic oxidation sites excluding steroid dienone is 1. The van der Waals surface area contributed by atoms with Gasteiger partial charge < -0.3 is 9.84 Å². The van der Waals surface area contributed by atoms with E-state index in [-0.39, 0.29) is 24.6 Å². The number of aliphatic hydroxyl groups is 1. The number of ether oxygens (including phenoxy) is 1. The lowest BCUT2D eigenvalue weighted by molar-refractivity contribution is -0.144. The lowest BCUT2D eigenvalue weighted by Gasteiger charge is -2.14. The van der Waals surface area contributed by atoms with Gasteiger partial charge in [0.15, 0.2) is 11.5 Å². The molecule has 100 valence electrons. The molecule has 0 amide bonds. The summed E-state index contributed by atoms with van der Waals surface area (Å²) in [6.45, 7) is 0.210. The first-order valence-electron chi connectivity index (χ1n) is 6.30. The summed E-state index contributed by atoms with van der Waals surface area (Å²) >= 11 is 0. The Balaban J connectivity index is 1.88. The maximum absolute atomic E-state index is 11.7. The number of esters is 1. The van der Waals surface area contributed by atoms with Crippen LogP contribution < -0.4 is 0 Å². The molecule has 1 N–H and O–H groups in total. The van der Waals surface area contributed by atoms with Crippen molar-refractivity contribution in [1.82, 2.24) is 0 Å². The van der Waals surface area contributed by atoms with Crippen molar-refractivity contribution in [3.8, 4) is 0 Å². The molecule has 19 heavy (non-hydrogen) atoms. The molecular weight excluding hydrogens is 244 g/mol. The largest absolute Gasteiger partial charge is 0.504 e. The fourth-order valence-electron chi connectivity index (χ4n) is 2.03. The molecule has 0 fully saturated rings. The van der Waals surface area contributed by atoms with E-state index >= 15 is 0 Å². The predicted molar refractivity (Wildman–Crippen MR) is 69.4 cm³/mol. The molecule has 1 aromatic rings. The molecule has 2 rings (SSSR count). The molecule has 4 nitrogen and oxygen atoms in total. The number of ketones is 1. The van der Waals surface area contributed by atoms with Gasteiger partial charge in [0.1, 0.15) is 6.61 Å². The minimum absolute atomic E-state index is 0.00952. The van der Waals surface area contributed by atoms with Crippen molar-refractivity contribution < 1.29 is 19.4 Å². The maximum atomic E-state index is 11.7. The van der Waals surface area contributed by atoms with Crippen LogP contribution in [0.4, 0.5) is 0 Å². The molecule has 1 aliphatic carbocycles. The van der Waals surface area contributed by atoms with Crippen molar-refractivity contribution in [2.45, 2.75) is 32.3 Å². The average molecular weight is 260 g/mol. The number of benzene rings is 1. The summed E-state index contributed by atoms with van der Waals surface area (Å²) in [5.74, 6) is -0.944. The molecule has 0 radical (unpaired) electrons. The van der Waals surface area contributed by atoms with Crippen LogP contribution in [0.3, 0.4) is 0 Å². The molecule has 0 saturated carbocycles. The zero-order valence-electron chi connectivity index (χ0n) is 10.6. The van der Waals surface area contributed by atoms with Crippen LogP contribution >= 0.6 is 0 Å². The zero-order chi connectivity index (χ0) is 13.7. The zero-order valence-corrected chi connectivity index (χ0v) is 10.6. The van der Waals surface area contributed by atoms with Gasteiger partial charge in [0.25, 0.3) is 0 Å². The summed E-state index contributed by atoms with van der Waals surface area (Å²) in [4.78, 5) is 23.0. The van der Waals surface area contributed by atoms with E-state index in [1.54, 1.807) is 0 Å². The van der Waals surface area contributed by atoms with E-state index in [1.165, 1.54) is 0 Å². The predicted octanol–water partition coefficient (Wildman–Crippen LogP) is 2.69. The van der Waals surface area contributed by atoms with Crippen LogP contribution in [0.15, 0.2) is 41.7 Å². The number of hydrogen-bond acceptors (Lipinski definition) is 4. The van der Waals surface area contributed by atoms with E-state index in [0.29, 0.717) is 24.8 Å². The van der Waals surface area contributed by atoms with Gasteiger partial charge in [0.05, 0.1) is 6.42 Å². The van der Waals surface area contributed by atoms with Crippen LogP contribution in [-0.4, -0.2) is 16.9 Å². The lowest BCUT2D eigenvalue weighted by atomic mass is 9.94. The number of aliphatic hydroxyl groups excluding tert-OH is 1. The van der Waals surface area contributed by atoms with Crippen LogP contribution in [0.1, 0.15) is 31.2 Å². The highest BCUT2D eigenvalue weighted by atomic mass is 16.5. The Hall–Kier alpha value is -2.10. The second kappa shape index (κ2) is 6.18. The van der Waals surface area contributed by atoms with Crippen LogP contribution in [0.5, 0.6) is 0 Å². The number of hydrogen-bond donors (Lipinski definition) is 1. The second-order valence-electron chi connectivity index (χ2n) is 4.55. The van der Waals surface area contributed by atoms with Crippen molar-refractivity contribution in [2.24, 2.45) is 0 Å². The highest BCUT2D eigenvalue weighted by Crippen LogP contribution is 2.23. The van der Waals surface area contributed by atoms with Crippen molar-refractivity contribution in [3.05, 3.63) is 47.2 Å². The van der Waals surface area contributed by atoms with E-state index < -0.39 is 5.97 Å². The maximum Gasteiger partial charge on any atom is 0.310 e. The fraction of sp³-hybridized carbons (Fsp3) is 0.333. The van der Waals surface area contributed by atoms with Crippen LogP contribution in [0.25, 0.3) is 0 Å². The Morgan fingerprint density at radius 1 is 1.21 bits per heavy atom. The molecule has 0 bridgehead atoms. The third kappa shape index (κ3) is 3.68. The monoisotopic (exact) mass is 260 g/mol. The summed E-state index contributed by atoms with van der Waals surface area (Å²) in [5, 5.41) is 9.59. The number of rotatable bonds is 4. The number of Topliss-reactive ketones (excluding diaryl/α,β-unsaturated/α-hetero) is 1. The van der Waals surface area contributed by atoms with Crippen molar-refractivity contribution in [2.75, 3.05) is 0 Å². The van der Waals surface area contributed by atoms with Gasteiger partial charge in [-0.2, -0.15) is 0 Å². The van der Waals surface area contributed by atoms with Gasteiger partial charge in [0.2, 0.25) is 0 Å². The average Bonchev–Trinajstić information content (AvgIpc) is 2.43. The highest BCUT2D eigenvalue weighted by molar-refractivity contribution is 5.95. The van der Waals surface area contributed by atoms with Gasteiger partial charge in [-0.1, -0.05) is 30.3 Å². The lowest BCUT2D eigenvalue weighted by Crippen LogP contribution is -2.15. The summed E-state index contributed by atoms with van der Waals surface area (Å²) in [7, 11) is 0. The minimum Gasteiger partial charge on any atom is -0.504 e. The number of carbonyl (C=O) groups is 2. The Morgan fingerprint density at radius 2 is 1.95 bits per heavy atom. The molecular formula is C15H16O4. The molecule has 1 aromatic carbocycles. The first-order valence-corrected chi connectivity index (χ1v) is 6.30. The molecule has 0 heterocycles. The normalized spacial score (nSPS) is 15.5. The van der Waals surface area contributed by atoms with E-state index in [0.717, 1.165) is 5.56 Å². The van der Waals surface area contributed by atoms with Crippen LogP contribution in [0.2, 0.25) is 0 Å². The SMILES string of the molecule is O=C(CC1=C(O)C(=O)CCC1)OCc1ccccc1. The highest BCUT2D eigenvalue weighted by Gasteiger charge is 2.21. The van der Waals surface area contributed by atoms with Gasteiger partial charge in [-0.25, -0.2) is 0 Å². The summed E-state index contributed by atoms with van der Waals surface area (Å²) in [6.07, 6.45) is 1.61. The van der Waals surface area contributed by atoms with Gasteiger partial charge in [-0.3, -0.25) is 9.59 Å².